The van der Waals surface area contributed by atoms with Crippen molar-refractivity contribution in [3.05, 3.63) is 83.7 Å². The molecule has 0 aromatic heterocycles. The van der Waals surface area contributed by atoms with E-state index in [4.69, 9.17) is 9.47 Å². The number of methoxy groups -OCH3 is 2. The lowest BCUT2D eigenvalue weighted by Gasteiger charge is -2.33. The second-order valence-electron chi connectivity index (χ2n) is 9.27. The normalized spacial score (nSPS) is 11.9. The van der Waals surface area contributed by atoms with Crippen molar-refractivity contribution in [1.29, 1.82) is 0 Å². The van der Waals surface area contributed by atoms with Crippen LogP contribution in [0.15, 0.2) is 71.6 Å². The number of sulfonamides is 1. The lowest BCUT2D eigenvalue weighted by Crippen LogP contribution is -2.52. The Balaban J connectivity index is 2.10. The number of anilines is 1. The van der Waals surface area contributed by atoms with Crippen molar-refractivity contribution in [2.75, 3.05) is 31.6 Å². The molecule has 0 heterocycles. The highest BCUT2D eigenvalue weighted by Crippen LogP contribution is 2.32. The highest BCUT2D eigenvalue weighted by molar-refractivity contribution is 7.92. The van der Waals surface area contributed by atoms with Crippen LogP contribution in [0.4, 0.5) is 10.1 Å². The van der Waals surface area contributed by atoms with Crippen molar-refractivity contribution in [3.63, 3.8) is 0 Å². The van der Waals surface area contributed by atoms with Gasteiger partial charge >= 0.3 is 0 Å². The Morgan fingerprint density at radius 2 is 1.61 bits per heavy atom. The van der Waals surface area contributed by atoms with E-state index in [2.05, 4.69) is 5.32 Å². The topological polar surface area (TPSA) is 105 Å². The Morgan fingerprint density at radius 1 is 0.951 bits per heavy atom. The van der Waals surface area contributed by atoms with Gasteiger partial charge in [0.25, 0.3) is 10.0 Å². The van der Waals surface area contributed by atoms with Gasteiger partial charge in [0.15, 0.2) is 11.5 Å². The number of hydrogen-bond acceptors (Lipinski definition) is 6. The van der Waals surface area contributed by atoms with Crippen LogP contribution in [0.5, 0.6) is 11.5 Å². The molecule has 220 valence electrons. The molecule has 3 aromatic rings. The molecule has 0 aliphatic heterocycles. The van der Waals surface area contributed by atoms with E-state index >= 15 is 0 Å². The Morgan fingerprint density at radius 3 is 2.20 bits per heavy atom. The lowest BCUT2D eigenvalue weighted by atomic mass is 10.1. The number of amides is 2. The third-order valence-electron chi connectivity index (χ3n) is 6.68. The number of carbonyl (C=O) groups excluding carboxylic acids is 2. The smallest absolute Gasteiger partial charge is 0.264 e. The SMILES string of the molecule is CCNC(=O)[C@H](CC)N(Cc1ccccc1C)C(=O)CN(c1ccc(F)cc1)S(=O)(=O)c1ccc(OC)c(OC)c1. The fourth-order valence-corrected chi connectivity index (χ4v) is 5.85. The number of nitrogens with one attached hydrogen (secondary N) is 1. The van der Waals surface area contributed by atoms with Gasteiger partial charge in [-0.25, -0.2) is 12.8 Å². The second-order valence-corrected chi connectivity index (χ2v) is 11.1. The summed E-state index contributed by atoms with van der Waals surface area (Å²) in [5, 5.41) is 2.77. The van der Waals surface area contributed by atoms with Gasteiger partial charge in [0.05, 0.1) is 24.8 Å². The highest BCUT2D eigenvalue weighted by Gasteiger charge is 2.34. The molecule has 41 heavy (non-hydrogen) atoms. The number of halogens is 1. The average Bonchev–Trinajstić information content (AvgIpc) is 2.96. The van der Waals surface area contributed by atoms with Crippen LogP contribution in [0.2, 0.25) is 0 Å². The largest absolute Gasteiger partial charge is 0.493 e. The third-order valence-corrected chi connectivity index (χ3v) is 8.45. The molecular weight excluding hydrogens is 549 g/mol. The number of likely N-dealkylation sites (N-methyl/N-ethyl adjacent to an activating group) is 1. The van der Waals surface area contributed by atoms with Gasteiger partial charge in [-0.1, -0.05) is 31.2 Å². The van der Waals surface area contributed by atoms with Gasteiger partial charge in [-0.2, -0.15) is 0 Å². The Labute approximate surface area is 240 Å². The molecule has 1 atom stereocenters. The molecule has 9 nitrogen and oxygen atoms in total. The number of ether oxygens (including phenoxy) is 2. The number of rotatable bonds is 13. The van der Waals surface area contributed by atoms with E-state index in [0.717, 1.165) is 27.6 Å². The van der Waals surface area contributed by atoms with Crippen LogP contribution in [-0.4, -0.2) is 58.5 Å². The fourth-order valence-electron chi connectivity index (χ4n) is 4.42. The zero-order valence-electron chi connectivity index (χ0n) is 23.9. The van der Waals surface area contributed by atoms with Crippen molar-refractivity contribution >= 4 is 27.5 Å². The quantitative estimate of drug-likeness (QED) is 0.321. The number of benzene rings is 3. The monoisotopic (exact) mass is 585 g/mol. The van der Waals surface area contributed by atoms with Crippen molar-refractivity contribution < 1.29 is 31.9 Å². The van der Waals surface area contributed by atoms with Gasteiger partial charge < -0.3 is 19.7 Å². The zero-order chi connectivity index (χ0) is 30.2. The lowest BCUT2D eigenvalue weighted by molar-refractivity contribution is -0.140. The number of aryl methyl sites for hydroxylation is 1. The summed E-state index contributed by atoms with van der Waals surface area (Å²) in [7, 11) is -1.56. The van der Waals surface area contributed by atoms with Crippen molar-refractivity contribution in [3.8, 4) is 11.5 Å². The van der Waals surface area contributed by atoms with Crippen LogP contribution >= 0.6 is 0 Å². The van der Waals surface area contributed by atoms with Crippen molar-refractivity contribution in [2.24, 2.45) is 0 Å². The first-order valence-electron chi connectivity index (χ1n) is 13.2. The van der Waals surface area contributed by atoms with Crippen LogP contribution in [-0.2, 0) is 26.2 Å². The maximum Gasteiger partial charge on any atom is 0.264 e. The molecule has 1 N–H and O–H groups in total. The standard InChI is InChI=1S/C30H36FN3O6S/c1-6-26(30(36)32-7-2)33(19-22-11-9-8-10-21(22)3)29(35)20-34(24-14-12-23(31)13-15-24)41(37,38)25-16-17-27(39-4)28(18-25)40-5/h8-18,26H,6-7,19-20H2,1-5H3,(H,32,36)/t26-/m0/s1. The minimum atomic E-state index is -4.37. The Hall–Kier alpha value is -4.12. The molecule has 11 heteroatoms. The molecule has 0 fully saturated rings. The molecule has 0 radical (unpaired) electrons. The molecule has 0 spiro atoms. The van der Waals surface area contributed by atoms with Gasteiger partial charge in [-0.05, 0) is 67.8 Å². The van der Waals surface area contributed by atoms with E-state index in [1.807, 2.05) is 31.2 Å². The fraction of sp³-hybridized carbons (Fsp3) is 0.333. The summed E-state index contributed by atoms with van der Waals surface area (Å²) in [4.78, 5) is 28.3. The van der Waals surface area contributed by atoms with Gasteiger partial charge in [-0.15, -0.1) is 0 Å². The second kappa shape index (κ2) is 14.0. The molecule has 2 amide bonds. The zero-order valence-corrected chi connectivity index (χ0v) is 24.7. The van der Waals surface area contributed by atoms with E-state index < -0.39 is 34.3 Å². The van der Waals surface area contributed by atoms with Crippen molar-refractivity contribution in [1.82, 2.24) is 10.2 Å². The summed E-state index contributed by atoms with van der Waals surface area (Å²) >= 11 is 0. The third kappa shape index (κ3) is 7.35. The van der Waals surface area contributed by atoms with Crippen molar-refractivity contribution in [2.45, 2.75) is 44.7 Å². The molecule has 0 saturated carbocycles. The van der Waals surface area contributed by atoms with E-state index in [0.29, 0.717) is 18.7 Å². The van der Waals surface area contributed by atoms with Crippen LogP contribution in [0.25, 0.3) is 0 Å². The first-order valence-corrected chi connectivity index (χ1v) is 14.6. The predicted octanol–water partition coefficient (Wildman–Crippen LogP) is 4.29. The Kier molecular flexibility index (Phi) is 10.7. The predicted molar refractivity (Wildman–Crippen MR) is 155 cm³/mol. The molecule has 3 rings (SSSR count). The highest BCUT2D eigenvalue weighted by atomic mass is 32.2. The summed E-state index contributed by atoms with van der Waals surface area (Å²) in [5.41, 5.74) is 1.82. The molecule has 0 aliphatic rings. The summed E-state index contributed by atoms with van der Waals surface area (Å²) in [6.07, 6.45) is 0.308. The summed E-state index contributed by atoms with van der Waals surface area (Å²) in [6, 6.07) is 15.5. The van der Waals surface area contributed by atoms with E-state index in [1.165, 1.54) is 49.5 Å². The maximum atomic E-state index is 14.0. The summed E-state index contributed by atoms with van der Waals surface area (Å²) < 4.78 is 53.3. The average molecular weight is 586 g/mol. The molecule has 0 saturated heterocycles. The minimum Gasteiger partial charge on any atom is -0.493 e. The maximum absolute atomic E-state index is 14.0. The van der Waals surface area contributed by atoms with E-state index in [1.54, 1.807) is 13.8 Å². The number of nitrogens with zero attached hydrogens (tertiary/aromatic N) is 2. The van der Waals surface area contributed by atoms with Crippen LogP contribution in [0, 0.1) is 12.7 Å². The molecule has 0 bridgehead atoms. The van der Waals surface area contributed by atoms with Crippen LogP contribution < -0.4 is 19.1 Å². The van der Waals surface area contributed by atoms with Crippen LogP contribution in [0.3, 0.4) is 0 Å². The summed E-state index contributed by atoms with van der Waals surface area (Å²) in [5.74, 6) is -0.991. The van der Waals surface area contributed by atoms with Crippen LogP contribution in [0.1, 0.15) is 31.4 Å². The Bertz CT molecular complexity index is 1460. The molecule has 3 aromatic carbocycles. The van der Waals surface area contributed by atoms with Gasteiger partial charge in [-0.3, -0.25) is 13.9 Å². The minimum absolute atomic E-state index is 0.0800. The van der Waals surface area contributed by atoms with Gasteiger partial charge in [0, 0.05) is 19.2 Å². The summed E-state index contributed by atoms with van der Waals surface area (Å²) in [6.45, 7) is 5.30. The first kappa shape index (κ1) is 31.4. The molecule has 0 unspecified atom stereocenters. The molecular formula is C30H36FN3O6S. The first-order chi connectivity index (χ1) is 19.6. The van der Waals surface area contributed by atoms with E-state index in [-0.39, 0.29) is 28.8 Å². The molecule has 0 aliphatic carbocycles. The van der Waals surface area contributed by atoms with Gasteiger partial charge in [0.2, 0.25) is 11.8 Å². The number of carbonyl (C=O) groups is 2. The van der Waals surface area contributed by atoms with Gasteiger partial charge in [0.1, 0.15) is 18.4 Å². The van der Waals surface area contributed by atoms with E-state index in [9.17, 15) is 22.4 Å². The number of hydrogen-bond donors (Lipinski definition) is 1.